The molecule has 0 aliphatic heterocycles. The molecule has 0 spiro atoms. The molecule has 2 rings (SSSR count). The van der Waals surface area contributed by atoms with E-state index in [2.05, 4.69) is 26.2 Å². The van der Waals surface area contributed by atoms with Gasteiger partial charge in [-0.3, -0.25) is 0 Å². The molecule has 0 unspecified atom stereocenters. The van der Waals surface area contributed by atoms with Crippen LogP contribution in [0.2, 0.25) is 5.02 Å². The standard InChI is InChI=1S/C13H12BrClN2/c1-9-6-11(8-17-13(9)14)16-7-10-4-2-3-5-12(10)15/h2-6,8,16H,7H2,1H3. The zero-order valence-electron chi connectivity index (χ0n) is 9.37. The maximum Gasteiger partial charge on any atom is 0.109 e. The second-order valence-corrected chi connectivity index (χ2v) is 4.94. The van der Waals surface area contributed by atoms with Gasteiger partial charge in [0.25, 0.3) is 0 Å². The highest BCUT2D eigenvalue weighted by Gasteiger charge is 2.01. The lowest BCUT2D eigenvalue weighted by Gasteiger charge is -2.08. The summed E-state index contributed by atoms with van der Waals surface area (Å²) in [6, 6.07) is 9.86. The summed E-state index contributed by atoms with van der Waals surface area (Å²) >= 11 is 9.46. The summed E-state index contributed by atoms with van der Waals surface area (Å²) in [6.45, 7) is 2.71. The third-order valence-corrected chi connectivity index (χ3v) is 3.65. The van der Waals surface area contributed by atoms with E-state index in [1.54, 1.807) is 6.20 Å². The van der Waals surface area contributed by atoms with Crippen LogP contribution < -0.4 is 5.32 Å². The molecule has 0 aliphatic carbocycles. The maximum atomic E-state index is 6.08. The molecule has 0 saturated carbocycles. The second kappa shape index (κ2) is 5.52. The third-order valence-electron chi connectivity index (χ3n) is 2.46. The number of aryl methyl sites for hydroxylation is 1. The molecule has 1 N–H and O–H groups in total. The van der Waals surface area contributed by atoms with Crippen LogP contribution in [0.5, 0.6) is 0 Å². The fourth-order valence-corrected chi connectivity index (χ4v) is 1.91. The normalized spacial score (nSPS) is 10.3. The molecule has 0 saturated heterocycles. The second-order valence-electron chi connectivity index (χ2n) is 3.78. The quantitative estimate of drug-likeness (QED) is 0.849. The van der Waals surface area contributed by atoms with Gasteiger partial charge in [0.05, 0.1) is 11.9 Å². The molecule has 2 aromatic rings. The predicted octanol–water partition coefficient (Wildman–Crippen LogP) is 4.42. The summed E-state index contributed by atoms with van der Waals surface area (Å²) in [5, 5.41) is 4.08. The smallest absolute Gasteiger partial charge is 0.109 e. The van der Waals surface area contributed by atoms with E-state index in [-0.39, 0.29) is 0 Å². The zero-order chi connectivity index (χ0) is 12.3. The lowest BCUT2D eigenvalue weighted by Crippen LogP contribution is -2.00. The molecule has 0 amide bonds. The molecule has 2 nitrogen and oxygen atoms in total. The first-order valence-corrected chi connectivity index (χ1v) is 6.43. The van der Waals surface area contributed by atoms with Crippen LogP contribution in [0, 0.1) is 6.92 Å². The van der Waals surface area contributed by atoms with Crippen LogP contribution in [0.25, 0.3) is 0 Å². The van der Waals surface area contributed by atoms with E-state index in [9.17, 15) is 0 Å². The zero-order valence-corrected chi connectivity index (χ0v) is 11.7. The summed E-state index contributed by atoms with van der Waals surface area (Å²) < 4.78 is 0.876. The van der Waals surface area contributed by atoms with E-state index in [1.807, 2.05) is 37.3 Å². The van der Waals surface area contributed by atoms with Gasteiger partial charge in [-0.05, 0) is 46.1 Å². The highest BCUT2D eigenvalue weighted by molar-refractivity contribution is 9.10. The summed E-state index contributed by atoms with van der Waals surface area (Å²) in [4.78, 5) is 4.23. The average molecular weight is 312 g/mol. The third kappa shape index (κ3) is 3.20. The number of nitrogens with one attached hydrogen (secondary N) is 1. The SMILES string of the molecule is Cc1cc(NCc2ccccc2Cl)cnc1Br. The Morgan fingerprint density at radius 3 is 2.82 bits per heavy atom. The van der Waals surface area contributed by atoms with Crippen molar-refractivity contribution in [1.82, 2.24) is 4.98 Å². The van der Waals surface area contributed by atoms with E-state index in [0.717, 1.165) is 26.4 Å². The first-order valence-electron chi connectivity index (χ1n) is 5.26. The number of rotatable bonds is 3. The Hall–Kier alpha value is -1.06. The largest absolute Gasteiger partial charge is 0.380 e. The fraction of sp³-hybridized carbons (Fsp3) is 0.154. The summed E-state index contributed by atoms with van der Waals surface area (Å²) in [5.74, 6) is 0. The number of anilines is 1. The van der Waals surface area contributed by atoms with Crippen LogP contribution in [0.1, 0.15) is 11.1 Å². The number of hydrogen-bond acceptors (Lipinski definition) is 2. The van der Waals surface area contributed by atoms with E-state index in [4.69, 9.17) is 11.6 Å². The maximum absolute atomic E-state index is 6.08. The van der Waals surface area contributed by atoms with Crippen LogP contribution in [0.3, 0.4) is 0 Å². The number of aromatic nitrogens is 1. The minimum atomic E-state index is 0.697. The van der Waals surface area contributed by atoms with Gasteiger partial charge < -0.3 is 5.32 Å². The molecule has 0 bridgehead atoms. The van der Waals surface area contributed by atoms with Gasteiger partial charge in [-0.15, -0.1) is 0 Å². The Kier molecular flexibility index (Phi) is 4.02. The van der Waals surface area contributed by atoms with Gasteiger partial charge in [0, 0.05) is 11.6 Å². The highest BCUT2D eigenvalue weighted by Crippen LogP contribution is 2.19. The van der Waals surface area contributed by atoms with Crippen molar-refractivity contribution in [3.05, 3.63) is 57.3 Å². The van der Waals surface area contributed by atoms with Gasteiger partial charge in [0.2, 0.25) is 0 Å². The molecular formula is C13H12BrClN2. The number of halogens is 2. The molecule has 0 fully saturated rings. The van der Waals surface area contributed by atoms with Gasteiger partial charge in [-0.1, -0.05) is 29.8 Å². The molecule has 0 atom stereocenters. The van der Waals surface area contributed by atoms with E-state index < -0.39 is 0 Å². The topological polar surface area (TPSA) is 24.9 Å². The predicted molar refractivity (Wildman–Crippen MR) is 75.5 cm³/mol. The van der Waals surface area contributed by atoms with Crippen LogP contribution in [0.15, 0.2) is 41.1 Å². The molecule has 0 radical (unpaired) electrons. The van der Waals surface area contributed by atoms with Gasteiger partial charge >= 0.3 is 0 Å². The Balaban J connectivity index is 2.08. The van der Waals surface area contributed by atoms with Gasteiger partial charge in [-0.2, -0.15) is 0 Å². The van der Waals surface area contributed by atoms with Gasteiger partial charge in [0.15, 0.2) is 0 Å². The Morgan fingerprint density at radius 2 is 2.12 bits per heavy atom. The molecule has 88 valence electrons. The van der Waals surface area contributed by atoms with E-state index in [1.165, 1.54) is 0 Å². The Bertz CT molecular complexity index is 529. The van der Waals surface area contributed by atoms with Crippen molar-refractivity contribution in [3.63, 3.8) is 0 Å². The van der Waals surface area contributed by atoms with Crippen LogP contribution >= 0.6 is 27.5 Å². The van der Waals surface area contributed by atoms with Crippen LogP contribution in [-0.4, -0.2) is 4.98 Å². The van der Waals surface area contributed by atoms with Crippen molar-refractivity contribution in [1.29, 1.82) is 0 Å². The van der Waals surface area contributed by atoms with E-state index in [0.29, 0.717) is 6.54 Å². The summed E-state index contributed by atoms with van der Waals surface area (Å²) in [6.07, 6.45) is 1.80. The van der Waals surface area contributed by atoms with Crippen molar-refractivity contribution in [2.24, 2.45) is 0 Å². The minimum absolute atomic E-state index is 0.697. The minimum Gasteiger partial charge on any atom is -0.380 e. The highest BCUT2D eigenvalue weighted by atomic mass is 79.9. The van der Waals surface area contributed by atoms with E-state index >= 15 is 0 Å². The Morgan fingerprint density at radius 1 is 1.35 bits per heavy atom. The lowest BCUT2D eigenvalue weighted by molar-refractivity contribution is 1.12. The molecular weight excluding hydrogens is 300 g/mol. The van der Waals surface area contributed by atoms with Crippen molar-refractivity contribution in [3.8, 4) is 0 Å². The number of pyridine rings is 1. The molecule has 0 aliphatic rings. The first kappa shape index (κ1) is 12.4. The summed E-state index contributed by atoms with van der Waals surface area (Å²) in [5.41, 5.74) is 3.18. The Labute approximate surface area is 114 Å². The molecule has 17 heavy (non-hydrogen) atoms. The fourth-order valence-electron chi connectivity index (χ4n) is 1.49. The lowest BCUT2D eigenvalue weighted by atomic mass is 10.2. The molecule has 1 aromatic heterocycles. The van der Waals surface area contributed by atoms with Gasteiger partial charge in [0.1, 0.15) is 4.60 Å². The first-order chi connectivity index (χ1) is 8.16. The van der Waals surface area contributed by atoms with Crippen molar-refractivity contribution < 1.29 is 0 Å². The van der Waals surface area contributed by atoms with Crippen molar-refractivity contribution in [2.45, 2.75) is 13.5 Å². The average Bonchev–Trinajstić information content (AvgIpc) is 2.32. The van der Waals surface area contributed by atoms with Gasteiger partial charge in [-0.25, -0.2) is 4.98 Å². The summed E-state index contributed by atoms with van der Waals surface area (Å²) in [7, 11) is 0. The monoisotopic (exact) mass is 310 g/mol. The molecule has 4 heteroatoms. The molecule has 1 aromatic carbocycles. The van der Waals surface area contributed by atoms with Crippen molar-refractivity contribution >= 4 is 33.2 Å². The number of hydrogen-bond donors (Lipinski definition) is 1. The van der Waals surface area contributed by atoms with Crippen LogP contribution in [0.4, 0.5) is 5.69 Å². The van der Waals surface area contributed by atoms with Crippen LogP contribution in [-0.2, 0) is 6.54 Å². The number of nitrogens with zero attached hydrogens (tertiary/aromatic N) is 1. The molecule has 1 heterocycles. The van der Waals surface area contributed by atoms with Crippen molar-refractivity contribution in [2.75, 3.05) is 5.32 Å². The number of benzene rings is 1.